The lowest BCUT2D eigenvalue weighted by molar-refractivity contribution is -0.131. The molecule has 0 unspecified atom stereocenters. The summed E-state index contributed by atoms with van der Waals surface area (Å²) in [6, 6.07) is 11.6. The third-order valence-electron chi connectivity index (χ3n) is 3.40. The summed E-state index contributed by atoms with van der Waals surface area (Å²) in [4.78, 5) is 11.1. The zero-order valence-electron chi connectivity index (χ0n) is 12.9. The van der Waals surface area contributed by atoms with E-state index in [0.717, 1.165) is 16.9 Å². The molecule has 0 amide bonds. The second-order valence-electron chi connectivity index (χ2n) is 5.19. The van der Waals surface area contributed by atoms with E-state index in [9.17, 15) is 4.79 Å². The predicted octanol–water partition coefficient (Wildman–Crippen LogP) is 4.12. The van der Waals surface area contributed by atoms with E-state index < -0.39 is 0 Å². The van der Waals surface area contributed by atoms with Crippen molar-refractivity contribution in [2.45, 2.75) is 34.3 Å². The number of ether oxygens (including phenoxy) is 2. The van der Waals surface area contributed by atoms with Gasteiger partial charge in [-0.25, -0.2) is 0 Å². The number of hydrogen-bond acceptors (Lipinski definition) is 3. The van der Waals surface area contributed by atoms with Crippen molar-refractivity contribution in [2.75, 3.05) is 0 Å². The van der Waals surface area contributed by atoms with Crippen molar-refractivity contribution < 1.29 is 14.3 Å². The molecule has 0 saturated heterocycles. The minimum atomic E-state index is -0.329. The lowest BCUT2D eigenvalue weighted by Gasteiger charge is -2.13. The van der Waals surface area contributed by atoms with Gasteiger partial charge in [0.05, 0.1) is 0 Å². The number of carbonyl (C=O) groups is 1. The number of esters is 1. The fourth-order valence-electron chi connectivity index (χ4n) is 2.12. The maximum atomic E-state index is 11.1. The number of carbonyl (C=O) groups excluding carboxylic acids is 1. The molecular formula is C18H20O3. The smallest absolute Gasteiger partial charge is 0.308 e. The van der Waals surface area contributed by atoms with Crippen molar-refractivity contribution in [2.24, 2.45) is 0 Å². The largest absolute Gasteiger partial charge is 0.488 e. The second-order valence-corrected chi connectivity index (χ2v) is 5.19. The molecule has 2 rings (SSSR count). The van der Waals surface area contributed by atoms with Crippen LogP contribution < -0.4 is 9.47 Å². The molecule has 0 radical (unpaired) electrons. The standard InChI is InChI=1S/C18H20O3/c1-12-9-14(3)18(10-13(12)2)20-11-16-7-5-6-8-17(16)21-15(4)19/h5-10H,11H2,1-4H3. The first kappa shape index (κ1) is 15.1. The molecule has 0 aliphatic rings. The maximum Gasteiger partial charge on any atom is 0.308 e. The molecule has 0 spiro atoms. The number of aryl methyl sites for hydroxylation is 3. The molecule has 3 nitrogen and oxygen atoms in total. The van der Waals surface area contributed by atoms with Gasteiger partial charge in [-0.2, -0.15) is 0 Å². The van der Waals surface area contributed by atoms with Crippen LogP contribution in [0.2, 0.25) is 0 Å². The molecule has 0 heterocycles. The summed E-state index contributed by atoms with van der Waals surface area (Å²) >= 11 is 0. The topological polar surface area (TPSA) is 35.5 Å². The highest BCUT2D eigenvalue weighted by Crippen LogP contribution is 2.25. The Kier molecular flexibility index (Phi) is 4.63. The van der Waals surface area contributed by atoms with Gasteiger partial charge < -0.3 is 9.47 Å². The van der Waals surface area contributed by atoms with E-state index in [2.05, 4.69) is 19.9 Å². The molecule has 0 atom stereocenters. The number of hydrogen-bond donors (Lipinski definition) is 0. The molecule has 2 aromatic rings. The molecule has 3 heteroatoms. The van der Waals surface area contributed by atoms with Gasteiger partial charge in [-0.3, -0.25) is 4.79 Å². The minimum Gasteiger partial charge on any atom is -0.488 e. The highest BCUT2D eigenvalue weighted by molar-refractivity contribution is 5.69. The van der Waals surface area contributed by atoms with Crippen molar-refractivity contribution in [1.82, 2.24) is 0 Å². The Hall–Kier alpha value is -2.29. The maximum absolute atomic E-state index is 11.1. The van der Waals surface area contributed by atoms with E-state index in [1.807, 2.05) is 31.2 Å². The van der Waals surface area contributed by atoms with E-state index >= 15 is 0 Å². The summed E-state index contributed by atoms with van der Waals surface area (Å²) < 4.78 is 11.1. The van der Waals surface area contributed by atoms with E-state index in [0.29, 0.717) is 12.4 Å². The average Bonchev–Trinajstić information content (AvgIpc) is 2.42. The first-order valence-corrected chi connectivity index (χ1v) is 6.94. The molecule has 0 saturated carbocycles. The third kappa shape index (κ3) is 3.85. The van der Waals surface area contributed by atoms with Crippen LogP contribution in [0.5, 0.6) is 11.5 Å². The van der Waals surface area contributed by atoms with Crippen LogP contribution in [-0.2, 0) is 11.4 Å². The highest BCUT2D eigenvalue weighted by Gasteiger charge is 2.08. The lowest BCUT2D eigenvalue weighted by Crippen LogP contribution is -2.06. The second kappa shape index (κ2) is 6.44. The van der Waals surface area contributed by atoms with E-state index in [-0.39, 0.29) is 5.97 Å². The Bertz CT molecular complexity index is 660. The summed E-state index contributed by atoms with van der Waals surface area (Å²) in [5.41, 5.74) is 4.40. The van der Waals surface area contributed by atoms with Crippen LogP contribution in [0, 0.1) is 20.8 Å². The molecule has 0 bridgehead atoms. The van der Waals surface area contributed by atoms with Gasteiger partial charge in [-0.15, -0.1) is 0 Å². The Morgan fingerprint density at radius 2 is 1.62 bits per heavy atom. The molecule has 110 valence electrons. The van der Waals surface area contributed by atoms with Crippen molar-refractivity contribution in [3.05, 3.63) is 58.7 Å². The monoisotopic (exact) mass is 284 g/mol. The molecule has 21 heavy (non-hydrogen) atoms. The Morgan fingerprint density at radius 1 is 0.952 bits per heavy atom. The van der Waals surface area contributed by atoms with Crippen LogP contribution in [-0.4, -0.2) is 5.97 Å². The highest BCUT2D eigenvalue weighted by atomic mass is 16.5. The van der Waals surface area contributed by atoms with Gasteiger partial charge in [0.1, 0.15) is 18.1 Å². The van der Waals surface area contributed by atoms with Crippen molar-refractivity contribution >= 4 is 5.97 Å². The summed E-state index contributed by atoms with van der Waals surface area (Å²) in [6.07, 6.45) is 0. The Morgan fingerprint density at radius 3 is 2.33 bits per heavy atom. The molecule has 0 N–H and O–H groups in total. The molecule has 0 aliphatic carbocycles. The summed E-state index contributed by atoms with van der Waals surface area (Å²) in [5, 5.41) is 0. The zero-order valence-corrected chi connectivity index (χ0v) is 12.9. The van der Waals surface area contributed by atoms with Gasteiger partial charge in [-0.05, 0) is 49.6 Å². The van der Waals surface area contributed by atoms with E-state index in [4.69, 9.17) is 9.47 Å². The Labute approximate surface area is 125 Å². The third-order valence-corrected chi connectivity index (χ3v) is 3.40. The average molecular weight is 284 g/mol. The number of para-hydroxylation sites is 1. The van der Waals surface area contributed by atoms with Gasteiger partial charge in [0.2, 0.25) is 0 Å². The molecule has 2 aromatic carbocycles. The van der Waals surface area contributed by atoms with Gasteiger partial charge in [0.15, 0.2) is 0 Å². The van der Waals surface area contributed by atoms with Crippen LogP contribution in [0.25, 0.3) is 0 Å². The first-order chi connectivity index (χ1) is 9.97. The van der Waals surface area contributed by atoms with Crippen LogP contribution in [0.3, 0.4) is 0 Å². The van der Waals surface area contributed by atoms with Gasteiger partial charge >= 0.3 is 5.97 Å². The summed E-state index contributed by atoms with van der Waals surface area (Å²) in [5.74, 6) is 1.08. The van der Waals surface area contributed by atoms with E-state index in [1.54, 1.807) is 6.07 Å². The van der Waals surface area contributed by atoms with Crippen LogP contribution in [0.15, 0.2) is 36.4 Å². The fraction of sp³-hybridized carbons (Fsp3) is 0.278. The van der Waals surface area contributed by atoms with Crippen molar-refractivity contribution in [1.29, 1.82) is 0 Å². The first-order valence-electron chi connectivity index (χ1n) is 6.94. The van der Waals surface area contributed by atoms with Crippen LogP contribution in [0.1, 0.15) is 29.2 Å². The fourth-order valence-corrected chi connectivity index (χ4v) is 2.12. The normalized spacial score (nSPS) is 10.3. The zero-order chi connectivity index (χ0) is 15.4. The number of rotatable bonds is 4. The van der Waals surface area contributed by atoms with Gasteiger partial charge in [0.25, 0.3) is 0 Å². The van der Waals surface area contributed by atoms with Crippen LogP contribution >= 0.6 is 0 Å². The number of benzene rings is 2. The van der Waals surface area contributed by atoms with Gasteiger partial charge in [-0.1, -0.05) is 24.3 Å². The van der Waals surface area contributed by atoms with Crippen LogP contribution in [0.4, 0.5) is 0 Å². The minimum absolute atomic E-state index is 0.329. The SMILES string of the molecule is CC(=O)Oc1ccccc1COc1cc(C)c(C)cc1C. The molecular weight excluding hydrogens is 264 g/mol. The quantitative estimate of drug-likeness (QED) is 0.626. The molecule has 0 fully saturated rings. The van der Waals surface area contributed by atoms with Gasteiger partial charge in [0, 0.05) is 12.5 Å². The van der Waals surface area contributed by atoms with Crippen molar-refractivity contribution in [3.8, 4) is 11.5 Å². The van der Waals surface area contributed by atoms with Crippen molar-refractivity contribution in [3.63, 3.8) is 0 Å². The lowest BCUT2D eigenvalue weighted by atomic mass is 10.1. The molecule has 0 aliphatic heterocycles. The molecule has 0 aromatic heterocycles. The summed E-state index contributed by atoms with van der Waals surface area (Å²) in [6.45, 7) is 7.94. The van der Waals surface area contributed by atoms with E-state index in [1.165, 1.54) is 18.1 Å². The predicted molar refractivity (Wildman–Crippen MR) is 82.7 cm³/mol. The summed E-state index contributed by atoms with van der Waals surface area (Å²) in [7, 11) is 0. The Balaban J connectivity index is 2.17.